The van der Waals surface area contributed by atoms with E-state index in [4.69, 9.17) is 4.98 Å². The average molecular weight is 267 g/mol. The molecule has 1 atom stereocenters. The van der Waals surface area contributed by atoms with Gasteiger partial charge in [0.25, 0.3) is 0 Å². The topological polar surface area (TPSA) is 28.2 Å². The normalized spacial score (nSPS) is 20.3. The molecule has 1 fully saturated rings. The molecule has 0 aromatic carbocycles. The summed E-state index contributed by atoms with van der Waals surface area (Å²) in [6.45, 7) is 7.66. The number of rotatable bonds is 6. The van der Waals surface area contributed by atoms with Crippen LogP contribution in [0.5, 0.6) is 0 Å². The molecule has 1 unspecified atom stereocenters. The Labute approximate surface area is 115 Å². The van der Waals surface area contributed by atoms with Gasteiger partial charge in [0.15, 0.2) is 5.13 Å². The average Bonchev–Trinajstić information content (AvgIpc) is 2.88. The smallest absolute Gasteiger partial charge is 0.185 e. The molecule has 2 rings (SSSR count). The number of piperidine rings is 1. The maximum absolute atomic E-state index is 4.79. The Bertz CT molecular complexity index is 351. The Morgan fingerprint density at radius 1 is 1.44 bits per heavy atom. The van der Waals surface area contributed by atoms with E-state index >= 15 is 0 Å². The highest BCUT2D eigenvalue weighted by molar-refractivity contribution is 7.13. The van der Waals surface area contributed by atoms with Crippen LogP contribution >= 0.6 is 11.3 Å². The summed E-state index contributed by atoms with van der Waals surface area (Å²) >= 11 is 1.81. The number of nitrogens with zero attached hydrogens (tertiary/aromatic N) is 2. The second kappa shape index (κ2) is 7.10. The number of aromatic nitrogens is 1. The van der Waals surface area contributed by atoms with Gasteiger partial charge >= 0.3 is 0 Å². The molecule has 1 aliphatic rings. The van der Waals surface area contributed by atoms with Crippen molar-refractivity contribution in [1.82, 2.24) is 10.3 Å². The first-order valence-electron chi connectivity index (χ1n) is 7.27. The van der Waals surface area contributed by atoms with Gasteiger partial charge in [-0.05, 0) is 38.6 Å². The minimum absolute atomic E-state index is 0.710. The third kappa shape index (κ3) is 3.45. The van der Waals surface area contributed by atoms with Crippen LogP contribution in [-0.4, -0.2) is 24.1 Å². The molecule has 102 valence electrons. The summed E-state index contributed by atoms with van der Waals surface area (Å²) in [6, 6.07) is 0.710. The highest BCUT2D eigenvalue weighted by Gasteiger charge is 2.23. The second-order valence-electron chi connectivity index (χ2n) is 5.05. The summed E-state index contributed by atoms with van der Waals surface area (Å²) in [4.78, 5) is 7.31. The van der Waals surface area contributed by atoms with Crippen LogP contribution in [0, 0.1) is 0 Å². The molecular formula is C14H25N3S. The quantitative estimate of drug-likeness (QED) is 0.801. The number of hydrogen-bond acceptors (Lipinski definition) is 4. The third-order valence-electron chi connectivity index (χ3n) is 3.62. The van der Waals surface area contributed by atoms with Crippen molar-refractivity contribution in [2.75, 3.05) is 18.0 Å². The van der Waals surface area contributed by atoms with Crippen LogP contribution in [0.25, 0.3) is 0 Å². The summed E-state index contributed by atoms with van der Waals surface area (Å²) in [7, 11) is 0. The lowest BCUT2D eigenvalue weighted by Crippen LogP contribution is -2.39. The summed E-state index contributed by atoms with van der Waals surface area (Å²) in [5.74, 6) is 0. The van der Waals surface area contributed by atoms with Gasteiger partial charge in [0.2, 0.25) is 0 Å². The van der Waals surface area contributed by atoms with Gasteiger partial charge in [0.1, 0.15) is 0 Å². The zero-order chi connectivity index (χ0) is 12.8. The molecule has 1 aromatic rings. The lowest BCUT2D eigenvalue weighted by molar-refractivity contribution is 0.449. The van der Waals surface area contributed by atoms with Gasteiger partial charge in [-0.3, -0.25) is 0 Å². The van der Waals surface area contributed by atoms with E-state index < -0.39 is 0 Å². The molecule has 4 heteroatoms. The zero-order valence-electron chi connectivity index (χ0n) is 11.6. The first-order valence-corrected chi connectivity index (χ1v) is 8.14. The molecule has 1 aliphatic heterocycles. The highest BCUT2D eigenvalue weighted by Crippen LogP contribution is 2.29. The minimum Gasteiger partial charge on any atom is -0.345 e. The predicted octanol–water partition coefficient (Wildman–Crippen LogP) is 3.41. The summed E-state index contributed by atoms with van der Waals surface area (Å²) in [6.07, 6.45) is 6.45. The van der Waals surface area contributed by atoms with Crippen LogP contribution in [0.15, 0.2) is 5.38 Å². The molecule has 1 N–H and O–H groups in total. The Morgan fingerprint density at radius 3 is 3.11 bits per heavy atom. The van der Waals surface area contributed by atoms with Gasteiger partial charge in [-0.25, -0.2) is 4.98 Å². The number of nitrogens with one attached hydrogen (secondary N) is 1. The molecule has 0 aliphatic carbocycles. The van der Waals surface area contributed by atoms with Crippen LogP contribution in [0.2, 0.25) is 0 Å². The Balaban J connectivity index is 1.95. The second-order valence-corrected chi connectivity index (χ2v) is 5.89. The van der Waals surface area contributed by atoms with Crippen molar-refractivity contribution in [1.29, 1.82) is 0 Å². The molecule has 18 heavy (non-hydrogen) atoms. The van der Waals surface area contributed by atoms with E-state index in [0.717, 1.165) is 13.1 Å². The van der Waals surface area contributed by atoms with Crippen molar-refractivity contribution in [3.8, 4) is 0 Å². The van der Waals surface area contributed by atoms with Gasteiger partial charge in [-0.2, -0.15) is 0 Å². The van der Waals surface area contributed by atoms with E-state index in [1.807, 2.05) is 11.3 Å². The Morgan fingerprint density at radius 2 is 2.33 bits per heavy atom. The van der Waals surface area contributed by atoms with Crippen LogP contribution in [0.3, 0.4) is 0 Å². The summed E-state index contributed by atoms with van der Waals surface area (Å²) in [5, 5.41) is 6.86. The predicted molar refractivity (Wildman–Crippen MR) is 79.4 cm³/mol. The summed E-state index contributed by atoms with van der Waals surface area (Å²) in [5.41, 5.74) is 1.20. The standard InChI is InChI=1S/C14H25N3S/c1-3-8-15-10-12-11-18-14(16-12)17-9-6-5-7-13(17)4-2/h11,13,15H,3-10H2,1-2H3. The number of hydrogen-bond donors (Lipinski definition) is 1. The van der Waals surface area contributed by atoms with Gasteiger partial charge < -0.3 is 10.2 Å². The molecule has 0 bridgehead atoms. The number of anilines is 1. The van der Waals surface area contributed by atoms with Crippen molar-refractivity contribution in [3.63, 3.8) is 0 Å². The van der Waals surface area contributed by atoms with Crippen molar-refractivity contribution in [2.24, 2.45) is 0 Å². The molecule has 3 nitrogen and oxygen atoms in total. The van der Waals surface area contributed by atoms with Gasteiger partial charge in [0, 0.05) is 24.5 Å². The van der Waals surface area contributed by atoms with E-state index in [1.54, 1.807) is 0 Å². The zero-order valence-corrected chi connectivity index (χ0v) is 12.4. The molecule has 0 radical (unpaired) electrons. The lowest BCUT2D eigenvalue weighted by Gasteiger charge is -2.35. The van der Waals surface area contributed by atoms with Crippen LogP contribution in [-0.2, 0) is 6.54 Å². The molecule has 0 amide bonds. The van der Waals surface area contributed by atoms with E-state index in [9.17, 15) is 0 Å². The third-order valence-corrected chi connectivity index (χ3v) is 4.54. The molecule has 2 heterocycles. The van der Waals surface area contributed by atoms with Crippen LogP contribution in [0.4, 0.5) is 5.13 Å². The van der Waals surface area contributed by atoms with Crippen molar-refractivity contribution >= 4 is 16.5 Å². The fourth-order valence-corrected chi connectivity index (χ4v) is 3.50. The van der Waals surface area contributed by atoms with Crippen molar-refractivity contribution in [3.05, 3.63) is 11.1 Å². The van der Waals surface area contributed by atoms with E-state index in [2.05, 4.69) is 29.4 Å². The Kier molecular flexibility index (Phi) is 5.45. The minimum atomic E-state index is 0.710. The largest absolute Gasteiger partial charge is 0.345 e. The Hall–Kier alpha value is -0.610. The molecule has 0 spiro atoms. The molecule has 1 aromatic heterocycles. The van der Waals surface area contributed by atoms with Crippen LogP contribution in [0.1, 0.15) is 51.6 Å². The van der Waals surface area contributed by atoms with Crippen molar-refractivity contribution < 1.29 is 0 Å². The number of thiazole rings is 1. The lowest BCUT2D eigenvalue weighted by atomic mass is 10.0. The fourth-order valence-electron chi connectivity index (χ4n) is 2.58. The first kappa shape index (κ1) is 13.8. The molecular weight excluding hydrogens is 242 g/mol. The maximum atomic E-state index is 4.79. The highest BCUT2D eigenvalue weighted by atomic mass is 32.1. The monoisotopic (exact) mass is 267 g/mol. The SMILES string of the molecule is CCCNCc1csc(N2CCCCC2CC)n1. The van der Waals surface area contributed by atoms with E-state index in [0.29, 0.717) is 6.04 Å². The van der Waals surface area contributed by atoms with E-state index in [-0.39, 0.29) is 0 Å². The molecule has 0 saturated carbocycles. The van der Waals surface area contributed by atoms with Gasteiger partial charge in [-0.15, -0.1) is 11.3 Å². The fraction of sp³-hybridized carbons (Fsp3) is 0.786. The first-order chi connectivity index (χ1) is 8.85. The maximum Gasteiger partial charge on any atom is 0.185 e. The van der Waals surface area contributed by atoms with Gasteiger partial charge in [-0.1, -0.05) is 13.8 Å². The van der Waals surface area contributed by atoms with Crippen LogP contribution < -0.4 is 10.2 Å². The van der Waals surface area contributed by atoms with Crippen molar-refractivity contribution in [2.45, 2.75) is 58.5 Å². The van der Waals surface area contributed by atoms with Gasteiger partial charge in [0.05, 0.1) is 5.69 Å². The van der Waals surface area contributed by atoms with E-state index in [1.165, 1.54) is 49.5 Å². The summed E-state index contributed by atoms with van der Waals surface area (Å²) < 4.78 is 0. The molecule has 1 saturated heterocycles.